The molecule has 0 bridgehead atoms. The second-order valence-corrected chi connectivity index (χ2v) is 4.30. The van der Waals surface area contributed by atoms with Gasteiger partial charge in [0.05, 0.1) is 18.7 Å². The average Bonchev–Trinajstić information content (AvgIpc) is 2.95. The van der Waals surface area contributed by atoms with Crippen molar-refractivity contribution in [1.82, 2.24) is 19.4 Å². The van der Waals surface area contributed by atoms with Gasteiger partial charge in [-0.2, -0.15) is 8.78 Å². The molecule has 0 unspecified atom stereocenters. The molecule has 2 rings (SSSR count). The van der Waals surface area contributed by atoms with E-state index in [4.69, 9.17) is 6.42 Å². The Kier molecular flexibility index (Phi) is 4.68. The van der Waals surface area contributed by atoms with Crippen LogP contribution >= 0.6 is 0 Å². The van der Waals surface area contributed by atoms with Gasteiger partial charge in [0.25, 0.3) is 11.5 Å². The SMILES string of the molecule is C#CCNC(=O)c1ccc(=O)n(Cc2nccn2C(F)F)c1. The van der Waals surface area contributed by atoms with Gasteiger partial charge >= 0.3 is 6.55 Å². The van der Waals surface area contributed by atoms with Gasteiger partial charge in [-0.25, -0.2) is 4.98 Å². The molecule has 0 fully saturated rings. The summed E-state index contributed by atoms with van der Waals surface area (Å²) >= 11 is 0. The Balaban J connectivity index is 2.28. The summed E-state index contributed by atoms with van der Waals surface area (Å²) < 4.78 is 27.3. The van der Waals surface area contributed by atoms with Gasteiger partial charge in [-0.3, -0.25) is 14.2 Å². The van der Waals surface area contributed by atoms with Gasteiger partial charge in [0.15, 0.2) is 0 Å². The zero-order valence-electron chi connectivity index (χ0n) is 11.4. The summed E-state index contributed by atoms with van der Waals surface area (Å²) in [6.07, 6.45) is 8.66. The topological polar surface area (TPSA) is 68.9 Å². The molecule has 0 aromatic carbocycles. The minimum Gasteiger partial charge on any atom is -0.341 e. The molecule has 0 aliphatic rings. The molecular weight excluding hydrogens is 294 g/mol. The first-order valence-electron chi connectivity index (χ1n) is 6.25. The van der Waals surface area contributed by atoms with Crippen molar-refractivity contribution in [2.45, 2.75) is 13.1 Å². The molecule has 0 saturated heterocycles. The lowest BCUT2D eigenvalue weighted by molar-refractivity contribution is 0.0666. The van der Waals surface area contributed by atoms with Crippen LogP contribution in [0.4, 0.5) is 8.78 Å². The molecule has 6 nitrogen and oxygen atoms in total. The number of carbonyl (C=O) groups excluding carboxylic acids is 1. The molecule has 0 atom stereocenters. The monoisotopic (exact) mass is 306 g/mol. The summed E-state index contributed by atoms with van der Waals surface area (Å²) in [6.45, 7) is -2.88. The minimum absolute atomic E-state index is 0.0123. The van der Waals surface area contributed by atoms with Gasteiger partial charge in [-0.15, -0.1) is 6.42 Å². The third-order valence-electron chi connectivity index (χ3n) is 2.87. The molecule has 0 aliphatic heterocycles. The molecule has 0 saturated carbocycles. The number of rotatable bonds is 5. The number of nitrogens with zero attached hydrogens (tertiary/aromatic N) is 3. The highest BCUT2D eigenvalue weighted by atomic mass is 19.3. The molecule has 2 aromatic heterocycles. The fourth-order valence-corrected chi connectivity index (χ4v) is 1.82. The van der Waals surface area contributed by atoms with Crippen LogP contribution in [0.2, 0.25) is 0 Å². The van der Waals surface area contributed by atoms with E-state index in [-0.39, 0.29) is 24.5 Å². The van der Waals surface area contributed by atoms with Gasteiger partial charge in [0.1, 0.15) is 5.82 Å². The summed E-state index contributed by atoms with van der Waals surface area (Å²) in [4.78, 5) is 27.4. The smallest absolute Gasteiger partial charge is 0.319 e. The maximum atomic E-state index is 12.8. The molecule has 2 aromatic rings. The van der Waals surface area contributed by atoms with Crippen molar-refractivity contribution < 1.29 is 13.6 Å². The number of carbonyl (C=O) groups is 1. The summed E-state index contributed by atoms with van der Waals surface area (Å²) in [5, 5.41) is 2.45. The van der Waals surface area contributed by atoms with Crippen LogP contribution in [0.5, 0.6) is 0 Å². The van der Waals surface area contributed by atoms with E-state index in [1.165, 1.54) is 24.5 Å². The van der Waals surface area contributed by atoms with Crippen molar-refractivity contribution >= 4 is 5.91 Å². The molecule has 0 spiro atoms. The number of imidazole rings is 1. The Hall–Kier alpha value is -2.95. The van der Waals surface area contributed by atoms with Crippen molar-refractivity contribution in [3.05, 3.63) is 52.5 Å². The summed E-state index contributed by atoms with van der Waals surface area (Å²) in [7, 11) is 0. The van der Waals surface area contributed by atoms with Crippen LogP contribution in [0.15, 0.2) is 35.5 Å². The van der Waals surface area contributed by atoms with Crippen molar-refractivity contribution in [2.75, 3.05) is 6.54 Å². The maximum Gasteiger partial charge on any atom is 0.319 e. The minimum atomic E-state index is -2.75. The Morgan fingerprint density at radius 3 is 2.91 bits per heavy atom. The van der Waals surface area contributed by atoms with Crippen LogP contribution in [-0.2, 0) is 6.54 Å². The summed E-state index contributed by atoms with van der Waals surface area (Å²) in [5.74, 6) is 1.81. The number of pyridine rings is 1. The number of amides is 1. The standard InChI is InChI=1S/C14H12F2N4O2/c1-2-5-18-13(22)10-3-4-12(21)19(8-10)9-11-17-6-7-20(11)14(15)16/h1,3-4,6-8,14H,5,9H2,(H,18,22). The van der Waals surface area contributed by atoms with Gasteiger partial charge in [-0.05, 0) is 6.07 Å². The zero-order chi connectivity index (χ0) is 16.1. The zero-order valence-corrected chi connectivity index (χ0v) is 11.4. The first kappa shape index (κ1) is 15.4. The lowest BCUT2D eigenvalue weighted by Gasteiger charge is -2.10. The Morgan fingerprint density at radius 2 is 2.23 bits per heavy atom. The molecule has 8 heteroatoms. The second-order valence-electron chi connectivity index (χ2n) is 4.30. The Bertz CT molecular complexity index is 774. The molecule has 0 aliphatic carbocycles. The van der Waals surface area contributed by atoms with E-state index in [1.54, 1.807) is 0 Å². The predicted octanol–water partition coefficient (Wildman–Crippen LogP) is 0.851. The fraction of sp³-hybridized carbons (Fsp3) is 0.214. The third-order valence-corrected chi connectivity index (χ3v) is 2.87. The maximum absolute atomic E-state index is 12.8. The van der Waals surface area contributed by atoms with E-state index in [0.717, 1.165) is 10.8 Å². The normalized spacial score (nSPS) is 10.5. The number of hydrogen-bond donors (Lipinski definition) is 1. The van der Waals surface area contributed by atoms with E-state index < -0.39 is 18.0 Å². The molecule has 22 heavy (non-hydrogen) atoms. The summed E-state index contributed by atoms with van der Waals surface area (Å²) in [5.41, 5.74) is -0.234. The van der Waals surface area contributed by atoms with E-state index in [9.17, 15) is 18.4 Å². The van der Waals surface area contributed by atoms with E-state index in [1.807, 2.05) is 0 Å². The predicted molar refractivity (Wildman–Crippen MR) is 74.5 cm³/mol. The van der Waals surface area contributed by atoms with Crippen molar-refractivity contribution in [1.29, 1.82) is 0 Å². The molecule has 114 valence electrons. The lowest BCUT2D eigenvalue weighted by Crippen LogP contribution is -2.27. The van der Waals surface area contributed by atoms with Crippen LogP contribution in [0.3, 0.4) is 0 Å². The van der Waals surface area contributed by atoms with E-state index in [0.29, 0.717) is 4.57 Å². The van der Waals surface area contributed by atoms with Gasteiger partial charge in [-0.1, -0.05) is 5.92 Å². The van der Waals surface area contributed by atoms with Crippen LogP contribution < -0.4 is 10.9 Å². The number of nitrogens with one attached hydrogen (secondary N) is 1. The highest BCUT2D eigenvalue weighted by Crippen LogP contribution is 2.13. The quantitative estimate of drug-likeness (QED) is 0.833. The number of terminal acetylenes is 1. The first-order valence-corrected chi connectivity index (χ1v) is 6.25. The van der Waals surface area contributed by atoms with Gasteiger partial charge in [0, 0.05) is 24.7 Å². The first-order chi connectivity index (χ1) is 10.5. The van der Waals surface area contributed by atoms with E-state index >= 15 is 0 Å². The van der Waals surface area contributed by atoms with Crippen LogP contribution in [0.1, 0.15) is 22.7 Å². The van der Waals surface area contributed by atoms with Crippen LogP contribution in [0.25, 0.3) is 0 Å². The average molecular weight is 306 g/mol. The molecule has 1 N–H and O–H groups in total. The van der Waals surface area contributed by atoms with Gasteiger partial charge < -0.3 is 9.88 Å². The molecule has 1 amide bonds. The highest BCUT2D eigenvalue weighted by Gasteiger charge is 2.13. The number of halogens is 2. The van der Waals surface area contributed by atoms with Crippen LogP contribution in [0, 0.1) is 12.3 Å². The van der Waals surface area contributed by atoms with Gasteiger partial charge in [0.2, 0.25) is 0 Å². The van der Waals surface area contributed by atoms with E-state index in [2.05, 4.69) is 16.2 Å². The number of alkyl halides is 2. The van der Waals surface area contributed by atoms with Crippen molar-refractivity contribution in [3.8, 4) is 12.3 Å². The van der Waals surface area contributed by atoms with Crippen molar-refractivity contribution in [2.24, 2.45) is 0 Å². The Labute approximate surface area is 124 Å². The molecular formula is C14H12F2N4O2. The largest absolute Gasteiger partial charge is 0.341 e. The number of aromatic nitrogens is 3. The number of hydrogen-bond acceptors (Lipinski definition) is 3. The summed E-state index contributed by atoms with van der Waals surface area (Å²) in [6, 6.07) is 2.52. The van der Waals surface area contributed by atoms with Crippen molar-refractivity contribution in [3.63, 3.8) is 0 Å². The molecule has 2 heterocycles. The van der Waals surface area contributed by atoms with Crippen LogP contribution in [-0.4, -0.2) is 26.6 Å². The molecule has 0 radical (unpaired) electrons. The fourth-order valence-electron chi connectivity index (χ4n) is 1.82. The second kappa shape index (κ2) is 6.67. The third kappa shape index (κ3) is 3.38. The lowest BCUT2D eigenvalue weighted by atomic mass is 10.2. The highest BCUT2D eigenvalue weighted by molar-refractivity contribution is 5.93. The Morgan fingerprint density at radius 1 is 1.45 bits per heavy atom.